The quantitative estimate of drug-likeness (QED) is 0.174. The molecule has 0 saturated heterocycles. The Morgan fingerprint density at radius 1 is 0.737 bits per heavy atom. The summed E-state index contributed by atoms with van der Waals surface area (Å²) in [5.74, 6) is 0.0931. The molecular weight excluding hydrogens is 496 g/mol. The molecule has 0 bridgehead atoms. The van der Waals surface area contributed by atoms with Crippen LogP contribution in [0.3, 0.4) is 0 Å². The van der Waals surface area contributed by atoms with Gasteiger partial charge in [0.2, 0.25) is 15.9 Å². The van der Waals surface area contributed by atoms with Gasteiger partial charge in [-0.05, 0) is 44.4 Å². The van der Waals surface area contributed by atoms with E-state index in [9.17, 15) is 13.2 Å². The summed E-state index contributed by atoms with van der Waals surface area (Å²) in [7, 11) is 0.283. The third-order valence-corrected chi connectivity index (χ3v) is 8.48. The van der Waals surface area contributed by atoms with Crippen LogP contribution in [-0.2, 0) is 14.8 Å². The zero-order chi connectivity index (χ0) is 27.6. The zero-order valence-electron chi connectivity index (χ0n) is 23.6. The van der Waals surface area contributed by atoms with Crippen molar-refractivity contribution >= 4 is 32.4 Å². The molecule has 0 aliphatic heterocycles. The molecule has 2 rings (SSSR count). The van der Waals surface area contributed by atoms with Gasteiger partial charge >= 0.3 is 0 Å². The first-order valence-electron chi connectivity index (χ1n) is 14.5. The van der Waals surface area contributed by atoms with Crippen LogP contribution in [-0.4, -0.2) is 48.1 Å². The summed E-state index contributed by atoms with van der Waals surface area (Å²) in [4.78, 5) is 14.4. The van der Waals surface area contributed by atoms with Crippen LogP contribution < -0.4 is 20.7 Å². The molecule has 0 saturated carbocycles. The summed E-state index contributed by atoms with van der Waals surface area (Å²) in [5.41, 5.74) is 6.50. The first-order valence-corrected chi connectivity index (χ1v) is 16.0. The van der Waals surface area contributed by atoms with Gasteiger partial charge in [0.05, 0.1) is 4.90 Å². The normalized spacial score (nSPS) is 11.7. The minimum absolute atomic E-state index is 0.0931. The van der Waals surface area contributed by atoms with Crippen LogP contribution in [0.4, 0.5) is 5.69 Å². The lowest BCUT2D eigenvalue weighted by atomic mass is 10.1. The highest BCUT2D eigenvalue weighted by Crippen LogP contribution is 2.30. The number of hydrogen-bond donors (Lipinski definition) is 3. The number of hydrogen-bond acceptors (Lipinski definition) is 5. The summed E-state index contributed by atoms with van der Waals surface area (Å²) in [6.07, 6.45) is 15.2. The molecule has 2 aromatic carbocycles. The average Bonchev–Trinajstić information content (AvgIpc) is 2.90. The van der Waals surface area contributed by atoms with Gasteiger partial charge in [-0.25, -0.2) is 13.1 Å². The second-order valence-electron chi connectivity index (χ2n) is 10.4. The molecule has 0 fully saturated rings. The number of sulfonamides is 1. The molecule has 0 aliphatic carbocycles. The van der Waals surface area contributed by atoms with E-state index < -0.39 is 10.0 Å². The fraction of sp³-hybridized carbons (Fsp3) is 0.633. The molecule has 2 aromatic rings. The first kappa shape index (κ1) is 32.1. The topological polar surface area (TPSA) is 105 Å². The van der Waals surface area contributed by atoms with Crippen molar-refractivity contribution in [3.8, 4) is 0 Å². The Labute approximate surface area is 231 Å². The molecule has 0 heterocycles. The van der Waals surface area contributed by atoms with Crippen molar-refractivity contribution in [1.82, 2.24) is 10.0 Å². The lowest BCUT2D eigenvalue weighted by molar-refractivity contribution is -0.121. The van der Waals surface area contributed by atoms with E-state index in [0.717, 1.165) is 55.2 Å². The van der Waals surface area contributed by atoms with Gasteiger partial charge in [-0.1, -0.05) is 82.1 Å². The fourth-order valence-electron chi connectivity index (χ4n) is 4.76. The van der Waals surface area contributed by atoms with Gasteiger partial charge in [0.15, 0.2) is 0 Å². The number of fused-ring (bicyclic) bond motifs is 1. The molecule has 1 amide bonds. The van der Waals surface area contributed by atoms with Crippen molar-refractivity contribution in [3.63, 3.8) is 0 Å². The molecule has 38 heavy (non-hydrogen) atoms. The van der Waals surface area contributed by atoms with Gasteiger partial charge in [-0.2, -0.15) is 0 Å². The maximum atomic E-state index is 13.0. The van der Waals surface area contributed by atoms with E-state index in [1.54, 1.807) is 12.1 Å². The Hall–Kier alpha value is -2.16. The van der Waals surface area contributed by atoms with E-state index in [1.165, 1.54) is 51.4 Å². The number of benzene rings is 2. The Kier molecular flexibility index (Phi) is 15.3. The standard InChI is InChI=1S/C30H50N4O3S/c1-34(2)28-20-16-19-27-26(28)18-17-21-29(27)38(36,37)33-25-15-11-12-22-30(35)32-24-14-10-8-6-4-3-5-7-9-13-23-31/h16-21,33H,3-15,22-25,31H2,1-2H3,(H,32,35). The van der Waals surface area contributed by atoms with Crippen molar-refractivity contribution in [2.24, 2.45) is 5.73 Å². The number of nitrogens with one attached hydrogen (secondary N) is 2. The van der Waals surface area contributed by atoms with Crippen LogP contribution in [0.25, 0.3) is 10.8 Å². The number of nitrogens with two attached hydrogens (primary N) is 1. The minimum Gasteiger partial charge on any atom is -0.377 e. The van der Waals surface area contributed by atoms with E-state index in [4.69, 9.17) is 5.73 Å². The van der Waals surface area contributed by atoms with Gasteiger partial charge in [0, 0.05) is 50.1 Å². The lowest BCUT2D eigenvalue weighted by Gasteiger charge is -2.17. The van der Waals surface area contributed by atoms with E-state index in [1.807, 2.05) is 43.3 Å². The Balaban J connectivity index is 1.54. The molecule has 8 heteroatoms. The fourth-order valence-corrected chi connectivity index (χ4v) is 6.05. The molecule has 0 aliphatic rings. The van der Waals surface area contributed by atoms with Crippen molar-refractivity contribution in [3.05, 3.63) is 36.4 Å². The number of unbranched alkanes of at least 4 members (excludes halogenated alkanes) is 11. The number of nitrogens with zero attached hydrogens (tertiary/aromatic N) is 1. The number of carbonyl (C=O) groups excluding carboxylic acids is 1. The molecule has 7 nitrogen and oxygen atoms in total. The van der Waals surface area contributed by atoms with E-state index in [-0.39, 0.29) is 5.91 Å². The summed E-state index contributed by atoms with van der Waals surface area (Å²) in [6.45, 7) is 1.92. The van der Waals surface area contributed by atoms with Crippen LogP contribution in [0.15, 0.2) is 41.3 Å². The second kappa shape index (κ2) is 18.2. The summed E-state index contributed by atoms with van der Waals surface area (Å²) in [6, 6.07) is 11.1. The van der Waals surface area contributed by atoms with E-state index in [0.29, 0.717) is 24.3 Å². The predicted molar refractivity (Wildman–Crippen MR) is 160 cm³/mol. The first-order chi connectivity index (χ1) is 18.4. The third-order valence-electron chi connectivity index (χ3n) is 6.96. The van der Waals surface area contributed by atoms with E-state index in [2.05, 4.69) is 10.0 Å². The molecular formula is C30H50N4O3S. The SMILES string of the molecule is CN(C)c1cccc2c(S(=O)(=O)NCCCCCC(=O)NCCCCCCCCCCCCN)cccc12. The summed E-state index contributed by atoms with van der Waals surface area (Å²) >= 11 is 0. The molecule has 4 N–H and O–H groups in total. The lowest BCUT2D eigenvalue weighted by Crippen LogP contribution is -2.25. The van der Waals surface area contributed by atoms with Crippen molar-refractivity contribution in [2.75, 3.05) is 38.6 Å². The number of amides is 1. The van der Waals surface area contributed by atoms with Crippen LogP contribution in [0.5, 0.6) is 0 Å². The van der Waals surface area contributed by atoms with Crippen molar-refractivity contribution in [1.29, 1.82) is 0 Å². The van der Waals surface area contributed by atoms with Crippen LogP contribution in [0, 0.1) is 0 Å². The maximum absolute atomic E-state index is 13.0. The highest BCUT2D eigenvalue weighted by Gasteiger charge is 2.18. The van der Waals surface area contributed by atoms with Crippen LogP contribution >= 0.6 is 0 Å². The van der Waals surface area contributed by atoms with Gasteiger partial charge in [-0.15, -0.1) is 0 Å². The molecule has 0 spiro atoms. The number of anilines is 1. The summed E-state index contributed by atoms with van der Waals surface area (Å²) < 4.78 is 28.7. The monoisotopic (exact) mass is 546 g/mol. The number of rotatable bonds is 21. The second-order valence-corrected chi connectivity index (χ2v) is 12.1. The van der Waals surface area contributed by atoms with Gasteiger partial charge in [-0.3, -0.25) is 4.79 Å². The summed E-state index contributed by atoms with van der Waals surface area (Å²) in [5, 5.41) is 4.65. The average molecular weight is 547 g/mol. The van der Waals surface area contributed by atoms with Gasteiger partial charge < -0.3 is 16.0 Å². The van der Waals surface area contributed by atoms with Crippen molar-refractivity contribution < 1.29 is 13.2 Å². The largest absolute Gasteiger partial charge is 0.377 e. The molecule has 214 valence electrons. The minimum atomic E-state index is -3.62. The smallest absolute Gasteiger partial charge is 0.241 e. The maximum Gasteiger partial charge on any atom is 0.241 e. The van der Waals surface area contributed by atoms with Crippen LogP contribution in [0.1, 0.15) is 89.9 Å². The van der Waals surface area contributed by atoms with Gasteiger partial charge in [0.25, 0.3) is 0 Å². The Bertz CT molecular complexity index is 1060. The Morgan fingerprint density at radius 2 is 1.29 bits per heavy atom. The molecule has 0 unspecified atom stereocenters. The van der Waals surface area contributed by atoms with Gasteiger partial charge in [0.1, 0.15) is 0 Å². The van der Waals surface area contributed by atoms with E-state index >= 15 is 0 Å². The zero-order valence-corrected chi connectivity index (χ0v) is 24.5. The highest BCUT2D eigenvalue weighted by molar-refractivity contribution is 7.89. The van der Waals surface area contributed by atoms with Crippen molar-refractivity contribution in [2.45, 2.75) is 94.8 Å². The van der Waals surface area contributed by atoms with Crippen LogP contribution in [0.2, 0.25) is 0 Å². The third kappa shape index (κ3) is 11.7. The predicted octanol–water partition coefficient (Wildman–Crippen LogP) is 5.72. The number of carbonyl (C=O) groups is 1. The Morgan fingerprint density at radius 3 is 1.95 bits per heavy atom. The molecule has 0 atom stereocenters. The highest BCUT2D eigenvalue weighted by atomic mass is 32.2. The molecule has 0 radical (unpaired) electrons. The molecule has 0 aromatic heterocycles.